The Balaban J connectivity index is 2.37. The van der Waals surface area contributed by atoms with E-state index in [0.717, 1.165) is 16.5 Å². The van der Waals surface area contributed by atoms with Gasteiger partial charge in [-0.05, 0) is 40.9 Å². The van der Waals surface area contributed by atoms with Gasteiger partial charge >= 0.3 is 0 Å². The third kappa shape index (κ3) is 4.63. The van der Waals surface area contributed by atoms with Crippen molar-refractivity contribution in [2.24, 2.45) is 0 Å². The number of hydrogen-bond donors (Lipinski definition) is 1. The third-order valence-electron chi connectivity index (χ3n) is 2.43. The highest BCUT2D eigenvalue weighted by Crippen LogP contribution is 2.20. The van der Waals surface area contributed by atoms with E-state index in [0.29, 0.717) is 25.3 Å². The average Bonchev–Trinajstić information content (AvgIpc) is 2.36. The molecule has 0 fully saturated rings. The fraction of sp³-hybridized carbons (Fsp3) is 0.357. The van der Waals surface area contributed by atoms with Crippen LogP contribution in [0.25, 0.3) is 0 Å². The number of benzene rings is 1. The number of aryl methyl sites for hydroxylation is 1. The Morgan fingerprint density at radius 2 is 2.28 bits per heavy atom. The van der Waals surface area contributed by atoms with E-state index >= 15 is 0 Å². The summed E-state index contributed by atoms with van der Waals surface area (Å²) in [5.74, 6) is -0.0853. The second-order valence-corrected chi connectivity index (χ2v) is 4.68. The van der Waals surface area contributed by atoms with E-state index in [2.05, 4.69) is 27.8 Å². The van der Waals surface area contributed by atoms with Crippen LogP contribution in [0.1, 0.15) is 22.3 Å². The van der Waals surface area contributed by atoms with Crippen molar-refractivity contribution >= 4 is 21.8 Å². The topological polar surface area (TPSA) is 38.3 Å². The van der Waals surface area contributed by atoms with E-state index in [1.54, 1.807) is 6.07 Å². The normalized spacial score (nSPS) is 10.1. The average molecular weight is 312 g/mol. The second-order valence-electron chi connectivity index (χ2n) is 3.88. The molecule has 18 heavy (non-hydrogen) atoms. The van der Waals surface area contributed by atoms with Crippen LogP contribution in [0, 0.1) is 6.92 Å². The Labute approximate surface area is 116 Å². The lowest BCUT2D eigenvalue weighted by molar-refractivity contribution is 0.0917. The zero-order valence-electron chi connectivity index (χ0n) is 10.5. The number of hydrogen-bond acceptors (Lipinski definition) is 2. The number of nitrogens with one attached hydrogen (secondary N) is 1. The molecule has 1 amide bonds. The summed E-state index contributed by atoms with van der Waals surface area (Å²) in [7, 11) is 0. The van der Waals surface area contributed by atoms with Gasteiger partial charge in [-0.25, -0.2) is 0 Å². The zero-order chi connectivity index (χ0) is 13.4. The minimum atomic E-state index is -0.0853. The maximum Gasteiger partial charge on any atom is 0.252 e. The number of carbonyl (C=O) groups excluding carboxylic acids is 1. The highest BCUT2D eigenvalue weighted by Gasteiger charge is 2.10. The predicted octanol–water partition coefficient (Wildman–Crippen LogP) is 3.08. The van der Waals surface area contributed by atoms with Crippen molar-refractivity contribution in [3.63, 3.8) is 0 Å². The van der Waals surface area contributed by atoms with Gasteiger partial charge in [-0.3, -0.25) is 4.79 Å². The van der Waals surface area contributed by atoms with E-state index in [1.807, 2.05) is 25.1 Å². The van der Waals surface area contributed by atoms with Crippen molar-refractivity contribution in [1.82, 2.24) is 5.32 Å². The van der Waals surface area contributed by atoms with Gasteiger partial charge in [0.05, 0.1) is 18.8 Å². The molecular weight excluding hydrogens is 294 g/mol. The summed E-state index contributed by atoms with van der Waals surface area (Å²) in [5.41, 5.74) is 1.70. The zero-order valence-corrected chi connectivity index (χ0v) is 12.1. The molecule has 0 radical (unpaired) electrons. The van der Waals surface area contributed by atoms with Gasteiger partial charge in [0.15, 0.2) is 0 Å². The Morgan fingerprint density at radius 1 is 1.50 bits per heavy atom. The van der Waals surface area contributed by atoms with Gasteiger partial charge in [0.1, 0.15) is 0 Å². The molecule has 0 aliphatic rings. The largest absolute Gasteiger partial charge is 0.379 e. The van der Waals surface area contributed by atoms with Crippen molar-refractivity contribution in [2.45, 2.75) is 13.3 Å². The van der Waals surface area contributed by atoms with E-state index in [4.69, 9.17) is 4.74 Å². The molecule has 0 aromatic heterocycles. The van der Waals surface area contributed by atoms with Crippen LogP contribution in [0.4, 0.5) is 0 Å². The predicted molar refractivity (Wildman–Crippen MR) is 76.8 cm³/mol. The van der Waals surface area contributed by atoms with E-state index in [-0.39, 0.29) is 5.91 Å². The van der Waals surface area contributed by atoms with Gasteiger partial charge in [-0.15, -0.1) is 6.58 Å². The van der Waals surface area contributed by atoms with Crippen LogP contribution >= 0.6 is 15.9 Å². The lowest BCUT2D eigenvalue weighted by atomic mass is 10.1. The number of carbonyl (C=O) groups is 1. The second kappa shape index (κ2) is 8.06. The molecule has 98 valence electrons. The first-order valence-corrected chi connectivity index (χ1v) is 6.68. The fourth-order valence-corrected chi connectivity index (χ4v) is 1.87. The summed E-state index contributed by atoms with van der Waals surface area (Å²) in [6.07, 6.45) is 2.64. The third-order valence-corrected chi connectivity index (χ3v) is 3.49. The molecule has 3 nitrogen and oxygen atoms in total. The minimum absolute atomic E-state index is 0.0853. The molecule has 0 saturated heterocycles. The quantitative estimate of drug-likeness (QED) is 0.621. The SMILES string of the molecule is C=CCCOCCNC(=O)c1cccc(C)c1Br. The molecule has 0 aliphatic carbocycles. The lowest BCUT2D eigenvalue weighted by Crippen LogP contribution is -2.27. The molecule has 1 rings (SSSR count). The molecule has 1 N–H and O–H groups in total. The number of rotatable bonds is 7. The summed E-state index contributed by atoms with van der Waals surface area (Å²) in [6, 6.07) is 5.62. The van der Waals surface area contributed by atoms with Crippen LogP contribution in [-0.2, 0) is 4.74 Å². The molecule has 0 bridgehead atoms. The first-order valence-electron chi connectivity index (χ1n) is 5.88. The first kappa shape index (κ1) is 14.9. The molecule has 0 spiro atoms. The molecule has 1 aromatic carbocycles. The van der Waals surface area contributed by atoms with Crippen LogP contribution < -0.4 is 5.32 Å². The molecule has 0 atom stereocenters. The first-order chi connectivity index (χ1) is 8.66. The summed E-state index contributed by atoms with van der Waals surface area (Å²) >= 11 is 3.42. The molecule has 4 heteroatoms. The Kier molecular flexibility index (Phi) is 6.68. The Morgan fingerprint density at radius 3 is 3.00 bits per heavy atom. The molecule has 1 aromatic rings. The van der Waals surface area contributed by atoms with Crippen LogP contribution in [0.2, 0.25) is 0 Å². The highest BCUT2D eigenvalue weighted by molar-refractivity contribution is 9.10. The van der Waals surface area contributed by atoms with Crippen molar-refractivity contribution in [2.75, 3.05) is 19.8 Å². The van der Waals surface area contributed by atoms with Crippen LogP contribution in [0.15, 0.2) is 35.3 Å². The summed E-state index contributed by atoms with van der Waals surface area (Å²) in [6.45, 7) is 7.24. The smallest absolute Gasteiger partial charge is 0.252 e. The summed E-state index contributed by atoms with van der Waals surface area (Å²) < 4.78 is 6.16. The number of halogens is 1. The molecular formula is C14H18BrNO2. The van der Waals surface area contributed by atoms with Gasteiger partial charge in [0, 0.05) is 11.0 Å². The van der Waals surface area contributed by atoms with Gasteiger partial charge in [0.2, 0.25) is 0 Å². The van der Waals surface area contributed by atoms with Gasteiger partial charge < -0.3 is 10.1 Å². The Hall–Kier alpha value is -1.13. The van der Waals surface area contributed by atoms with Crippen molar-refractivity contribution < 1.29 is 9.53 Å². The number of ether oxygens (including phenoxy) is 1. The van der Waals surface area contributed by atoms with Crippen LogP contribution in [-0.4, -0.2) is 25.7 Å². The summed E-state index contributed by atoms with van der Waals surface area (Å²) in [4.78, 5) is 11.9. The summed E-state index contributed by atoms with van der Waals surface area (Å²) in [5, 5.41) is 2.82. The van der Waals surface area contributed by atoms with E-state index in [9.17, 15) is 4.79 Å². The van der Waals surface area contributed by atoms with Crippen molar-refractivity contribution in [3.05, 3.63) is 46.5 Å². The maximum atomic E-state index is 11.9. The standard InChI is InChI=1S/C14H18BrNO2/c1-3-4-9-18-10-8-16-14(17)12-7-5-6-11(2)13(12)15/h3,5-7H,1,4,8-10H2,2H3,(H,16,17). The molecule has 0 aliphatic heterocycles. The van der Waals surface area contributed by atoms with Gasteiger partial charge in [-0.2, -0.15) is 0 Å². The minimum Gasteiger partial charge on any atom is -0.379 e. The highest BCUT2D eigenvalue weighted by atomic mass is 79.9. The molecule has 0 unspecified atom stereocenters. The monoisotopic (exact) mass is 311 g/mol. The lowest BCUT2D eigenvalue weighted by Gasteiger charge is -2.08. The van der Waals surface area contributed by atoms with Crippen LogP contribution in [0.3, 0.4) is 0 Å². The molecule has 0 saturated carbocycles. The fourth-order valence-electron chi connectivity index (χ4n) is 1.42. The maximum absolute atomic E-state index is 11.9. The van der Waals surface area contributed by atoms with Crippen molar-refractivity contribution in [3.8, 4) is 0 Å². The van der Waals surface area contributed by atoms with Crippen LogP contribution in [0.5, 0.6) is 0 Å². The van der Waals surface area contributed by atoms with Gasteiger partial charge in [-0.1, -0.05) is 18.2 Å². The van der Waals surface area contributed by atoms with E-state index in [1.165, 1.54) is 0 Å². The van der Waals surface area contributed by atoms with Crippen molar-refractivity contribution in [1.29, 1.82) is 0 Å². The van der Waals surface area contributed by atoms with E-state index < -0.39 is 0 Å². The Bertz CT molecular complexity index is 418. The number of amides is 1. The van der Waals surface area contributed by atoms with Gasteiger partial charge in [0.25, 0.3) is 5.91 Å². The molecule has 0 heterocycles.